The molecule has 0 unspecified atom stereocenters. The average Bonchev–Trinajstić information content (AvgIpc) is 3.16. The predicted octanol–water partition coefficient (Wildman–Crippen LogP) is 2.88. The van der Waals surface area contributed by atoms with Crippen molar-refractivity contribution in [1.82, 2.24) is 5.01 Å². The van der Waals surface area contributed by atoms with E-state index in [1.807, 2.05) is 19.1 Å². The van der Waals surface area contributed by atoms with Crippen LogP contribution in [0.3, 0.4) is 0 Å². The Balaban J connectivity index is 1.58. The van der Waals surface area contributed by atoms with Gasteiger partial charge >= 0.3 is 0 Å². The van der Waals surface area contributed by atoms with Crippen molar-refractivity contribution in [2.75, 3.05) is 4.90 Å². The maximum absolute atomic E-state index is 13.4. The third-order valence-electron chi connectivity index (χ3n) is 4.69. The molecule has 132 valence electrons. The molecule has 0 spiro atoms. The summed E-state index contributed by atoms with van der Waals surface area (Å²) in [5.41, 5.74) is 2.32. The van der Waals surface area contributed by atoms with Crippen LogP contribution in [0.1, 0.15) is 18.1 Å². The van der Waals surface area contributed by atoms with Crippen molar-refractivity contribution in [3.63, 3.8) is 0 Å². The first-order chi connectivity index (χ1) is 12.6. The van der Waals surface area contributed by atoms with Gasteiger partial charge in [-0.15, -0.1) is 0 Å². The van der Waals surface area contributed by atoms with E-state index in [1.165, 1.54) is 22.0 Å². The fourth-order valence-electron chi connectivity index (χ4n) is 3.31. The second kappa shape index (κ2) is 6.33. The third-order valence-corrected chi connectivity index (χ3v) is 4.69. The lowest BCUT2D eigenvalue weighted by molar-refractivity contribution is -0.123. The van der Waals surface area contributed by atoms with E-state index >= 15 is 0 Å². The molecule has 2 amide bonds. The van der Waals surface area contributed by atoms with Crippen LogP contribution in [0.5, 0.6) is 0 Å². The Morgan fingerprint density at radius 3 is 2.50 bits per heavy atom. The third kappa shape index (κ3) is 2.65. The monoisotopic (exact) mass is 352 g/mol. The summed E-state index contributed by atoms with van der Waals surface area (Å²) in [4.78, 5) is 26.7. The van der Waals surface area contributed by atoms with E-state index in [1.54, 1.807) is 24.3 Å². The molecule has 0 N–H and O–H groups in total. The maximum atomic E-state index is 13.4. The normalized spacial score (nSPS) is 21.6. The minimum absolute atomic E-state index is 0.212. The van der Waals surface area contributed by atoms with Gasteiger partial charge in [-0.3, -0.25) is 14.6 Å². The highest BCUT2D eigenvalue weighted by Crippen LogP contribution is 2.32. The molecule has 1 fully saturated rings. The summed E-state index contributed by atoms with van der Waals surface area (Å²) in [7, 11) is 0. The van der Waals surface area contributed by atoms with Crippen LogP contribution in [-0.2, 0) is 22.6 Å². The van der Waals surface area contributed by atoms with Crippen LogP contribution in [-0.4, -0.2) is 28.9 Å². The molecule has 7 heteroatoms. The average molecular weight is 352 g/mol. The zero-order valence-corrected chi connectivity index (χ0v) is 14.2. The van der Waals surface area contributed by atoms with Gasteiger partial charge in [0.2, 0.25) is 0 Å². The number of fused-ring (bicyclic) bond motifs is 1. The molecule has 2 aromatic carbocycles. The molecule has 2 aliphatic heterocycles. The van der Waals surface area contributed by atoms with Gasteiger partial charge in [-0.1, -0.05) is 36.4 Å². The van der Waals surface area contributed by atoms with E-state index in [2.05, 4.69) is 10.3 Å². The molecule has 2 atom stereocenters. The fourth-order valence-corrected chi connectivity index (χ4v) is 3.31. The molecule has 6 nitrogen and oxygen atoms in total. The van der Waals surface area contributed by atoms with Crippen LogP contribution < -0.4 is 4.90 Å². The number of hydrogen-bond acceptors (Lipinski definition) is 5. The van der Waals surface area contributed by atoms with Crippen LogP contribution in [0, 0.1) is 5.82 Å². The second-order valence-electron chi connectivity index (χ2n) is 6.35. The Labute approximate surface area is 149 Å². The number of nitrogens with zero attached hydrogens (tertiary/aromatic N) is 4. The van der Waals surface area contributed by atoms with Gasteiger partial charge in [-0.2, -0.15) is 5.11 Å². The van der Waals surface area contributed by atoms with Crippen LogP contribution in [0.25, 0.3) is 0 Å². The first kappa shape index (κ1) is 16.4. The van der Waals surface area contributed by atoms with Gasteiger partial charge in [0.05, 0.1) is 12.2 Å². The molecule has 0 radical (unpaired) electrons. The molecular weight excluding hydrogens is 335 g/mol. The number of rotatable bonds is 4. The van der Waals surface area contributed by atoms with Crippen molar-refractivity contribution in [3.8, 4) is 0 Å². The molecule has 2 aromatic rings. The summed E-state index contributed by atoms with van der Waals surface area (Å²) in [5.74, 6) is -1.10. The summed E-state index contributed by atoms with van der Waals surface area (Å²) in [6, 6.07) is 11.8. The molecular formula is C19H17FN4O2. The van der Waals surface area contributed by atoms with E-state index < -0.39 is 12.1 Å². The number of halogens is 1. The Morgan fingerprint density at radius 2 is 1.81 bits per heavy atom. The number of amides is 2. The summed E-state index contributed by atoms with van der Waals surface area (Å²) in [5, 5.41) is 9.41. The fraction of sp³-hybridized carbons (Fsp3) is 0.263. The van der Waals surface area contributed by atoms with Gasteiger partial charge in [0.25, 0.3) is 11.8 Å². The van der Waals surface area contributed by atoms with Crippen molar-refractivity contribution in [1.29, 1.82) is 0 Å². The van der Waals surface area contributed by atoms with Crippen LogP contribution in [0.15, 0.2) is 58.9 Å². The standard InChI is InChI=1S/C19H17FN4O2/c1-2-12-6-8-15(9-7-12)24-18(25)16-17(19(24)26)23(22-21-16)11-13-4-3-5-14(20)10-13/h3-10,16-17H,2,11H2,1H3/t16-,17-/m1/s1. The zero-order valence-electron chi connectivity index (χ0n) is 14.2. The maximum Gasteiger partial charge on any atom is 0.263 e. The molecule has 0 aromatic heterocycles. The predicted molar refractivity (Wildman–Crippen MR) is 92.7 cm³/mol. The van der Waals surface area contributed by atoms with Crippen molar-refractivity contribution in [2.24, 2.45) is 10.3 Å². The highest BCUT2D eigenvalue weighted by atomic mass is 19.1. The van der Waals surface area contributed by atoms with Crippen molar-refractivity contribution in [2.45, 2.75) is 32.0 Å². The van der Waals surface area contributed by atoms with Gasteiger partial charge in [0.15, 0.2) is 12.1 Å². The van der Waals surface area contributed by atoms with E-state index in [9.17, 15) is 14.0 Å². The van der Waals surface area contributed by atoms with Crippen molar-refractivity contribution < 1.29 is 14.0 Å². The van der Waals surface area contributed by atoms with E-state index in [0.29, 0.717) is 11.3 Å². The summed E-state index contributed by atoms with van der Waals surface area (Å²) in [6.07, 6.45) is 0.878. The zero-order chi connectivity index (χ0) is 18.3. The van der Waals surface area contributed by atoms with E-state index in [0.717, 1.165) is 12.0 Å². The van der Waals surface area contributed by atoms with Crippen molar-refractivity contribution in [3.05, 3.63) is 65.5 Å². The number of anilines is 1. The van der Waals surface area contributed by atoms with E-state index in [4.69, 9.17) is 0 Å². The molecule has 2 aliphatic rings. The number of carbonyl (C=O) groups is 2. The lowest BCUT2D eigenvalue weighted by Crippen LogP contribution is -2.39. The number of imide groups is 1. The number of benzene rings is 2. The quantitative estimate of drug-likeness (QED) is 0.795. The SMILES string of the molecule is CCc1ccc(N2C(=O)[C@@H]3N=NN(Cc4cccc(F)c4)[C@H]3C2=O)cc1. The molecule has 26 heavy (non-hydrogen) atoms. The highest BCUT2D eigenvalue weighted by Gasteiger charge is 2.54. The lowest BCUT2D eigenvalue weighted by Gasteiger charge is -2.20. The minimum Gasteiger partial charge on any atom is -0.271 e. The molecule has 2 heterocycles. The molecule has 4 rings (SSSR count). The van der Waals surface area contributed by atoms with E-state index in [-0.39, 0.29) is 24.2 Å². The van der Waals surface area contributed by atoms with Gasteiger partial charge in [-0.05, 0) is 41.8 Å². The molecule has 0 aliphatic carbocycles. The Morgan fingerprint density at radius 1 is 1.04 bits per heavy atom. The minimum atomic E-state index is -0.845. The largest absolute Gasteiger partial charge is 0.271 e. The second-order valence-corrected chi connectivity index (χ2v) is 6.35. The lowest BCUT2D eigenvalue weighted by atomic mass is 10.1. The number of aryl methyl sites for hydroxylation is 1. The van der Waals surface area contributed by atoms with Crippen LogP contribution in [0.4, 0.5) is 10.1 Å². The van der Waals surface area contributed by atoms with Crippen LogP contribution >= 0.6 is 0 Å². The number of carbonyl (C=O) groups excluding carboxylic acids is 2. The van der Waals surface area contributed by atoms with Gasteiger partial charge in [-0.25, -0.2) is 9.29 Å². The summed E-state index contributed by atoms with van der Waals surface area (Å²) >= 11 is 0. The van der Waals surface area contributed by atoms with Gasteiger partial charge in [0, 0.05) is 0 Å². The first-order valence-electron chi connectivity index (χ1n) is 8.47. The Bertz CT molecular complexity index is 897. The highest BCUT2D eigenvalue weighted by molar-refractivity contribution is 6.25. The smallest absolute Gasteiger partial charge is 0.263 e. The molecule has 0 bridgehead atoms. The topological polar surface area (TPSA) is 65.3 Å². The van der Waals surface area contributed by atoms with Gasteiger partial charge in [0.1, 0.15) is 5.82 Å². The summed E-state index contributed by atoms with van der Waals surface area (Å²) < 4.78 is 13.4. The van der Waals surface area contributed by atoms with Gasteiger partial charge < -0.3 is 0 Å². The Hall–Kier alpha value is -3.09. The van der Waals surface area contributed by atoms with Crippen LogP contribution in [0.2, 0.25) is 0 Å². The molecule has 0 saturated carbocycles. The summed E-state index contributed by atoms with van der Waals surface area (Å²) in [6.45, 7) is 2.25. The Kier molecular flexibility index (Phi) is 3.99. The first-order valence-corrected chi connectivity index (χ1v) is 8.47. The number of hydrogen-bond donors (Lipinski definition) is 0. The molecule has 1 saturated heterocycles. The van der Waals surface area contributed by atoms with Crippen molar-refractivity contribution >= 4 is 17.5 Å².